The molecular formula is C17H28N2. The molecule has 0 aromatic heterocycles. The van der Waals surface area contributed by atoms with E-state index in [2.05, 4.69) is 50.1 Å². The van der Waals surface area contributed by atoms with Crippen molar-refractivity contribution in [2.24, 2.45) is 11.7 Å². The molecule has 1 aromatic carbocycles. The topological polar surface area (TPSA) is 29.3 Å². The Labute approximate surface area is 118 Å². The molecule has 0 radical (unpaired) electrons. The number of anilines is 1. The lowest BCUT2D eigenvalue weighted by Crippen LogP contribution is -2.35. The molecule has 1 aliphatic carbocycles. The molecule has 3 atom stereocenters. The number of hydrogen-bond donors (Lipinski definition) is 1. The third-order valence-electron chi connectivity index (χ3n) is 4.62. The van der Waals surface area contributed by atoms with Gasteiger partial charge in [-0.15, -0.1) is 0 Å². The number of benzene rings is 1. The molecule has 0 spiro atoms. The minimum atomic E-state index is 0.175. The standard InChI is InChI=1S/C17H28N2/c1-4-17(18)14-8-10-15(11-9-14)19(3)16-7-5-6-13(2)12-16/h8-11,13,16-17H,4-7,12,18H2,1-3H3. The minimum absolute atomic E-state index is 0.175. The van der Waals surface area contributed by atoms with E-state index in [1.807, 2.05) is 0 Å². The van der Waals surface area contributed by atoms with Gasteiger partial charge in [0.15, 0.2) is 0 Å². The highest BCUT2D eigenvalue weighted by molar-refractivity contribution is 5.48. The third kappa shape index (κ3) is 3.50. The molecule has 2 nitrogen and oxygen atoms in total. The zero-order valence-electron chi connectivity index (χ0n) is 12.6. The number of rotatable bonds is 4. The Kier molecular flexibility index (Phi) is 4.87. The molecule has 2 rings (SSSR count). The molecular weight excluding hydrogens is 232 g/mol. The van der Waals surface area contributed by atoms with Gasteiger partial charge >= 0.3 is 0 Å². The van der Waals surface area contributed by atoms with Gasteiger partial charge in [-0.25, -0.2) is 0 Å². The lowest BCUT2D eigenvalue weighted by molar-refractivity contribution is 0.336. The highest BCUT2D eigenvalue weighted by Crippen LogP contribution is 2.30. The molecule has 2 heteroatoms. The lowest BCUT2D eigenvalue weighted by Gasteiger charge is -2.35. The molecule has 0 saturated heterocycles. The van der Waals surface area contributed by atoms with Crippen LogP contribution < -0.4 is 10.6 Å². The highest BCUT2D eigenvalue weighted by Gasteiger charge is 2.22. The van der Waals surface area contributed by atoms with Gasteiger partial charge in [-0.1, -0.05) is 38.8 Å². The van der Waals surface area contributed by atoms with E-state index in [1.165, 1.54) is 36.9 Å². The SMILES string of the molecule is CCC(N)c1ccc(N(C)C2CCCC(C)C2)cc1. The smallest absolute Gasteiger partial charge is 0.0366 e. The maximum Gasteiger partial charge on any atom is 0.0366 e. The lowest BCUT2D eigenvalue weighted by atomic mass is 9.86. The Bertz CT molecular complexity index is 385. The van der Waals surface area contributed by atoms with E-state index in [4.69, 9.17) is 5.73 Å². The van der Waals surface area contributed by atoms with Crippen LogP contribution in [0, 0.1) is 5.92 Å². The average molecular weight is 260 g/mol. The summed E-state index contributed by atoms with van der Waals surface area (Å²) < 4.78 is 0. The first kappa shape index (κ1) is 14.4. The van der Waals surface area contributed by atoms with Gasteiger partial charge in [0.05, 0.1) is 0 Å². The van der Waals surface area contributed by atoms with E-state index in [-0.39, 0.29) is 6.04 Å². The van der Waals surface area contributed by atoms with E-state index in [9.17, 15) is 0 Å². The van der Waals surface area contributed by atoms with E-state index >= 15 is 0 Å². The predicted molar refractivity (Wildman–Crippen MR) is 83.5 cm³/mol. The molecule has 2 N–H and O–H groups in total. The van der Waals surface area contributed by atoms with Gasteiger partial charge < -0.3 is 10.6 Å². The number of hydrogen-bond acceptors (Lipinski definition) is 2. The summed E-state index contributed by atoms with van der Waals surface area (Å²) in [6, 6.07) is 9.70. The molecule has 19 heavy (non-hydrogen) atoms. The Hall–Kier alpha value is -1.02. The summed E-state index contributed by atoms with van der Waals surface area (Å²) in [5.74, 6) is 0.869. The summed E-state index contributed by atoms with van der Waals surface area (Å²) in [4.78, 5) is 2.46. The molecule has 0 aliphatic heterocycles. The van der Waals surface area contributed by atoms with Crippen LogP contribution in [0.2, 0.25) is 0 Å². The Morgan fingerprint density at radius 2 is 1.95 bits per heavy atom. The summed E-state index contributed by atoms with van der Waals surface area (Å²) in [5, 5.41) is 0. The molecule has 106 valence electrons. The molecule has 0 bridgehead atoms. The van der Waals surface area contributed by atoms with Crippen LogP contribution in [0.25, 0.3) is 0 Å². The third-order valence-corrected chi connectivity index (χ3v) is 4.62. The largest absolute Gasteiger partial charge is 0.372 e. The fraction of sp³-hybridized carbons (Fsp3) is 0.647. The van der Waals surface area contributed by atoms with Crippen LogP contribution in [0.15, 0.2) is 24.3 Å². The normalized spacial score (nSPS) is 25.1. The van der Waals surface area contributed by atoms with E-state index < -0.39 is 0 Å². The van der Waals surface area contributed by atoms with Crippen LogP contribution in [0.4, 0.5) is 5.69 Å². The molecule has 3 unspecified atom stereocenters. The first-order valence-electron chi connectivity index (χ1n) is 7.70. The van der Waals surface area contributed by atoms with Crippen LogP contribution in [0.5, 0.6) is 0 Å². The molecule has 1 fully saturated rings. The van der Waals surface area contributed by atoms with Crippen molar-refractivity contribution in [3.8, 4) is 0 Å². The Morgan fingerprint density at radius 1 is 1.26 bits per heavy atom. The first-order chi connectivity index (χ1) is 9.11. The zero-order chi connectivity index (χ0) is 13.8. The van der Waals surface area contributed by atoms with E-state index in [0.29, 0.717) is 6.04 Å². The van der Waals surface area contributed by atoms with Gasteiger partial charge in [0.2, 0.25) is 0 Å². The fourth-order valence-corrected chi connectivity index (χ4v) is 3.16. The van der Waals surface area contributed by atoms with Crippen molar-refractivity contribution < 1.29 is 0 Å². The van der Waals surface area contributed by atoms with Crippen molar-refractivity contribution in [3.05, 3.63) is 29.8 Å². The van der Waals surface area contributed by atoms with Crippen molar-refractivity contribution in [1.29, 1.82) is 0 Å². The van der Waals surface area contributed by atoms with Crippen LogP contribution in [0.1, 0.15) is 57.6 Å². The quantitative estimate of drug-likeness (QED) is 0.882. The van der Waals surface area contributed by atoms with Crippen LogP contribution in [0.3, 0.4) is 0 Å². The van der Waals surface area contributed by atoms with E-state index in [1.54, 1.807) is 0 Å². The molecule has 1 aliphatic rings. The van der Waals surface area contributed by atoms with Gasteiger partial charge in [-0.3, -0.25) is 0 Å². The average Bonchev–Trinajstić information content (AvgIpc) is 2.46. The molecule has 0 amide bonds. The van der Waals surface area contributed by atoms with Crippen molar-refractivity contribution in [3.63, 3.8) is 0 Å². The molecule has 1 saturated carbocycles. The summed E-state index contributed by atoms with van der Waals surface area (Å²) in [6.45, 7) is 4.51. The van der Waals surface area contributed by atoms with E-state index in [0.717, 1.165) is 12.3 Å². The second-order valence-corrected chi connectivity index (χ2v) is 6.14. The minimum Gasteiger partial charge on any atom is -0.372 e. The first-order valence-corrected chi connectivity index (χ1v) is 7.70. The van der Waals surface area contributed by atoms with Crippen molar-refractivity contribution >= 4 is 5.69 Å². The van der Waals surface area contributed by atoms with Gasteiger partial charge in [0, 0.05) is 24.8 Å². The van der Waals surface area contributed by atoms with Crippen molar-refractivity contribution in [2.75, 3.05) is 11.9 Å². The van der Waals surface area contributed by atoms with Gasteiger partial charge in [-0.2, -0.15) is 0 Å². The van der Waals surface area contributed by atoms with Crippen LogP contribution >= 0.6 is 0 Å². The highest BCUT2D eigenvalue weighted by atomic mass is 15.1. The zero-order valence-corrected chi connectivity index (χ0v) is 12.6. The number of nitrogens with two attached hydrogens (primary N) is 1. The molecule has 1 aromatic rings. The Morgan fingerprint density at radius 3 is 2.53 bits per heavy atom. The van der Waals surface area contributed by atoms with Crippen LogP contribution in [-0.2, 0) is 0 Å². The van der Waals surface area contributed by atoms with Gasteiger partial charge in [-0.05, 0) is 42.9 Å². The maximum atomic E-state index is 6.07. The second-order valence-electron chi connectivity index (χ2n) is 6.14. The summed E-state index contributed by atoms with van der Waals surface area (Å²) in [5.41, 5.74) is 8.64. The van der Waals surface area contributed by atoms with Crippen LogP contribution in [-0.4, -0.2) is 13.1 Å². The second kappa shape index (κ2) is 6.42. The summed E-state index contributed by atoms with van der Waals surface area (Å²) >= 11 is 0. The summed E-state index contributed by atoms with van der Waals surface area (Å²) in [7, 11) is 2.23. The predicted octanol–water partition coefficient (Wildman–Crippen LogP) is 4.11. The number of nitrogens with zero attached hydrogens (tertiary/aromatic N) is 1. The summed E-state index contributed by atoms with van der Waals surface area (Å²) in [6.07, 6.45) is 6.42. The fourth-order valence-electron chi connectivity index (χ4n) is 3.16. The maximum absolute atomic E-state index is 6.07. The van der Waals surface area contributed by atoms with Gasteiger partial charge in [0.1, 0.15) is 0 Å². The molecule has 0 heterocycles. The van der Waals surface area contributed by atoms with Crippen molar-refractivity contribution in [1.82, 2.24) is 0 Å². The Balaban J connectivity index is 2.04. The van der Waals surface area contributed by atoms with Crippen molar-refractivity contribution in [2.45, 2.75) is 58.0 Å². The monoisotopic (exact) mass is 260 g/mol. The van der Waals surface area contributed by atoms with Gasteiger partial charge in [0.25, 0.3) is 0 Å².